The van der Waals surface area contributed by atoms with Crippen LogP contribution in [0, 0.1) is 13.8 Å². The minimum atomic E-state index is -0.563. The lowest BCUT2D eigenvalue weighted by Crippen LogP contribution is -2.26. The predicted molar refractivity (Wildman–Crippen MR) is 180 cm³/mol. The summed E-state index contributed by atoms with van der Waals surface area (Å²) >= 11 is 0. The Morgan fingerprint density at radius 3 is 2.42 bits per heavy atom. The first-order valence-corrected chi connectivity index (χ1v) is 15.8. The molecule has 0 saturated heterocycles. The van der Waals surface area contributed by atoms with Gasteiger partial charge in [0.1, 0.15) is 5.60 Å². The normalized spacial score (nSPS) is 13.9. The predicted octanol–water partition coefficient (Wildman–Crippen LogP) is 8.69. The number of hydrogen-bond donors (Lipinski definition) is 1. The number of nitrogens with one attached hydrogen (secondary N) is 1. The molecule has 3 aromatic carbocycles. The summed E-state index contributed by atoms with van der Waals surface area (Å²) in [5.74, 6) is 0.167. The standard InChI is InChI=1S/C39H41N3O3/c1-24-26(3)42(23-27-11-13-28(14-12-27)32-9-7-8-10-33(32)38(44)45-39(4,5)6)36-18-17-31(21-34(24)36)37(43)41-25(2)30-19-20-40-35(22-30)29-15-16-29/h7-14,17-22,25,29H,15-16,23H2,1-6H3,(H,41,43). The van der Waals surface area contributed by atoms with E-state index >= 15 is 0 Å². The fourth-order valence-corrected chi connectivity index (χ4v) is 5.91. The number of carbonyl (C=O) groups excluding carboxylic acids is 2. The Bertz CT molecular complexity index is 1890. The molecule has 45 heavy (non-hydrogen) atoms. The molecule has 1 aliphatic carbocycles. The van der Waals surface area contributed by atoms with E-state index < -0.39 is 5.60 Å². The van der Waals surface area contributed by atoms with Gasteiger partial charge in [0.2, 0.25) is 0 Å². The van der Waals surface area contributed by atoms with E-state index in [0.717, 1.165) is 38.9 Å². The van der Waals surface area contributed by atoms with Gasteiger partial charge >= 0.3 is 5.97 Å². The molecule has 2 aromatic heterocycles. The van der Waals surface area contributed by atoms with Crippen LogP contribution in [0.1, 0.15) is 101 Å². The Morgan fingerprint density at radius 2 is 1.71 bits per heavy atom. The fourth-order valence-electron chi connectivity index (χ4n) is 5.91. The van der Waals surface area contributed by atoms with Gasteiger partial charge in [-0.25, -0.2) is 4.79 Å². The summed E-state index contributed by atoms with van der Waals surface area (Å²) in [6, 6.07) is 25.9. The highest BCUT2D eigenvalue weighted by Gasteiger charge is 2.26. The van der Waals surface area contributed by atoms with Gasteiger partial charge in [-0.15, -0.1) is 0 Å². The van der Waals surface area contributed by atoms with Crippen LogP contribution in [0.2, 0.25) is 0 Å². The van der Waals surface area contributed by atoms with Crippen molar-refractivity contribution in [1.82, 2.24) is 14.9 Å². The van der Waals surface area contributed by atoms with Crippen molar-refractivity contribution in [3.8, 4) is 11.1 Å². The number of aromatic nitrogens is 2. The molecule has 6 heteroatoms. The molecule has 0 aliphatic heterocycles. The van der Waals surface area contributed by atoms with Gasteiger partial charge in [-0.3, -0.25) is 9.78 Å². The second kappa shape index (κ2) is 12.0. The van der Waals surface area contributed by atoms with Gasteiger partial charge in [-0.05, 0) is 119 Å². The van der Waals surface area contributed by atoms with Crippen LogP contribution in [0.3, 0.4) is 0 Å². The van der Waals surface area contributed by atoms with Crippen molar-refractivity contribution in [2.75, 3.05) is 0 Å². The van der Waals surface area contributed by atoms with E-state index in [9.17, 15) is 9.59 Å². The summed E-state index contributed by atoms with van der Waals surface area (Å²) in [4.78, 5) is 30.7. The minimum absolute atomic E-state index is 0.0822. The van der Waals surface area contributed by atoms with Crippen LogP contribution in [0.4, 0.5) is 0 Å². The molecule has 2 heterocycles. The average molecular weight is 600 g/mol. The fraction of sp³-hybridized carbons (Fsp3) is 0.308. The largest absolute Gasteiger partial charge is 0.456 e. The molecule has 5 aromatic rings. The Kier molecular flexibility index (Phi) is 8.08. The summed E-state index contributed by atoms with van der Waals surface area (Å²) in [6.07, 6.45) is 4.25. The lowest BCUT2D eigenvalue weighted by atomic mass is 9.98. The van der Waals surface area contributed by atoms with E-state index in [2.05, 4.69) is 65.1 Å². The van der Waals surface area contributed by atoms with Gasteiger partial charge in [0.05, 0.1) is 11.6 Å². The third-order valence-electron chi connectivity index (χ3n) is 8.70. The quantitative estimate of drug-likeness (QED) is 0.181. The zero-order valence-electron chi connectivity index (χ0n) is 27.0. The van der Waals surface area contributed by atoms with Crippen molar-refractivity contribution >= 4 is 22.8 Å². The van der Waals surface area contributed by atoms with E-state index in [0.29, 0.717) is 23.6 Å². The second-order valence-electron chi connectivity index (χ2n) is 13.3. The first kappa shape index (κ1) is 30.3. The molecule has 1 amide bonds. The lowest BCUT2D eigenvalue weighted by Gasteiger charge is -2.20. The van der Waals surface area contributed by atoms with Crippen LogP contribution in [0.15, 0.2) is 85.1 Å². The minimum Gasteiger partial charge on any atom is -0.456 e. The number of carbonyl (C=O) groups is 2. The number of nitrogens with zero attached hydrogens (tertiary/aromatic N) is 2. The summed E-state index contributed by atoms with van der Waals surface area (Å²) in [5.41, 5.74) is 9.24. The number of rotatable bonds is 8. The van der Waals surface area contributed by atoms with Crippen LogP contribution in [-0.2, 0) is 11.3 Å². The number of benzene rings is 3. The monoisotopic (exact) mass is 599 g/mol. The molecule has 0 radical (unpaired) electrons. The van der Waals surface area contributed by atoms with Crippen LogP contribution < -0.4 is 5.32 Å². The van der Waals surface area contributed by atoms with Gasteiger partial charge in [0, 0.05) is 46.5 Å². The van der Waals surface area contributed by atoms with Gasteiger partial charge in [-0.1, -0.05) is 42.5 Å². The molecule has 0 spiro atoms. The lowest BCUT2D eigenvalue weighted by molar-refractivity contribution is 0.00703. The van der Waals surface area contributed by atoms with Crippen molar-refractivity contribution in [2.45, 2.75) is 78.5 Å². The molecular formula is C39H41N3O3. The number of ether oxygens (including phenoxy) is 1. The van der Waals surface area contributed by atoms with Crippen molar-refractivity contribution in [1.29, 1.82) is 0 Å². The Labute approximate surface area is 265 Å². The molecule has 1 saturated carbocycles. The molecule has 1 N–H and O–H groups in total. The number of esters is 1. The van der Waals surface area contributed by atoms with E-state index in [4.69, 9.17) is 4.74 Å². The maximum Gasteiger partial charge on any atom is 0.339 e. The molecule has 0 bridgehead atoms. The van der Waals surface area contributed by atoms with E-state index in [-0.39, 0.29) is 17.9 Å². The SMILES string of the molecule is Cc1c(C)n(Cc2ccc(-c3ccccc3C(=O)OC(C)(C)C)cc2)c2ccc(C(=O)NC(C)c3ccnc(C4CC4)c3)cc12. The van der Waals surface area contributed by atoms with Gasteiger partial charge in [0.15, 0.2) is 0 Å². The zero-order chi connectivity index (χ0) is 31.9. The van der Waals surface area contributed by atoms with Gasteiger partial charge < -0.3 is 14.6 Å². The molecule has 6 nitrogen and oxygen atoms in total. The van der Waals surface area contributed by atoms with E-state index in [1.807, 2.05) is 76.4 Å². The molecule has 1 unspecified atom stereocenters. The average Bonchev–Trinajstić information content (AvgIpc) is 3.85. The highest BCUT2D eigenvalue weighted by atomic mass is 16.6. The number of fused-ring (bicyclic) bond motifs is 1. The Morgan fingerprint density at radius 1 is 0.978 bits per heavy atom. The summed E-state index contributed by atoms with van der Waals surface area (Å²) in [6.45, 7) is 12.6. The van der Waals surface area contributed by atoms with Gasteiger partial charge in [0.25, 0.3) is 5.91 Å². The maximum atomic E-state index is 13.3. The third kappa shape index (κ3) is 6.56. The summed E-state index contributed by atoms with van der Waals surface area (Å²) < 4.78 is 7.95. The van der Waals surface area contributed by atoms with Crippen molar-refractivity contribution < 1.29 is 14.3 Å². The third-order valence-corrected chi connectivity index (χ3v) is 8.70. The molecule has 230 valence electrons. The summed E-state index contributed by atoms with van der Waals surface area (Å²) in [5, 5.41) is 4.26. The molecule has 1 fully saturated rings. The molecule has 1 aliphatic rings. The first-order chi connectivity index (χ1) is 21.5. The zero-order valence-corrected chi connectivity index (χ0v) is 27.0. The second-order valence-corrected chi connectivity index (χ2v) is 13.3. The maximum absolute atomic E-state index is 13.3. The van der Waals surface area contributed by atoms with Gasteiger partial charge in [-0.2, -0.15) is 0 Å². The Balaban J connectivity index is 1.20. The van der Waals surface area contributed by atoms with Crippen molar-refractivity contribution in [3.05, 3.63) is 124 Å². The number of amides is 1. The molecular weight excluding hydrogens is 558 g/mol. The van der Waals surface area contributed by atoms with E-state index in [1.165, 1.54) is 24.1 Å². The first-order valence-electron chi connectivity index (χ1n) is 15.8. The van der Waals surface area contributed by atoms with Crippen LogP contribution >= 0.6 is 0 Å². The smallest absolute Gasteiger partial charge is 0.339 e. The highest BCUT2D eigenvalue weighted by Crippen LogP contribution is 2.39. The highest BCUT2D eigenvalue weighted by molar-refractivity contribution is 5.99. The van der Waals surface area contributed by atoms with E-state index in [1.54, 1.807) is 0 Å². The van der Waals surface area contributed by atoms with Crippen LogP contribution in [0.25, 0.3) is 22.0 Å². The number of pyridine rings is 1. The van der Waals surface area contributed by atoms with Crippen molar-refractivity contribution in [2.24, 2.45) is 0 Å². The number of aryl methyl sites for hydroxylation is 1. The molecule has 6 rings (SSSR count). The molecule has 1 atom stereocenters. The van der Waals surface area contributed by atoms with Crippen LogP contribution in [-0.4, -0.2) is 27.0 Å². The number of hydrogen-bond acceptors (Lipinski definition) is 4. The topological polar surface area (TPSA) is 73.2 Å². The summed E-state index contributed by atoms with van der Waals surface area (Å²) in [7, 11) is 0. The van der Waals surface area contributed by atoms with Crippen molar-refractivity contribution in [3.63, 3.8) is 0 Å². The van der Waals surface area contributed by atoms with Crippen LogP contribution in [0.5, 0.6) is 0 Å². The Hall–Kier alpha value is -4.71.